The zero-order chi connectivity index (χ0) is 15.6. The lowest BCUT2D eigenvalue weighted by Gasteiger charge is -2.20. The van der Waals surface area contributed by atoms with Gasteiger partial charge in [-0.25, -0.2) is 0 Å². The Labute approximate surface area is 124 Å². The molecule has 1 atom stereocenters. The number of hydrogen-bond acceptors (Lipinski definition) is 3. The molecule has 1 aliphatic rings. The van der Waals surface area contributed by atoms with Gasteiger partial charge in [-0.05, 0) is 37.5 Å². The molecular formula is C16H21NO4. The van der Waals surface area contributed by atoms with E-state index in [0.29, 0.717) is 13.0 Å². The summed E-state index contributed by atoms with van der Waals surface area (Å²) < 4.78 is 5.25. The van der Waals surface area contributed by atoms with Crippen molar-refractivity contribution in [2.45, 2.75) is 26.7 Å². The fourth-order valence-electron chi connectivity index (χ4n) is 2.61. The third kappa shape index (κ3) is 3.17. The van der Waals surface area contributed by atoms with E-state index in [9.17, 15) is 14.7 Å². The van der Waals surface area contributed by atoms with Gasteiger partial charge in [0.2, 0.25) is 5.91 Å². The van der Waals surface area contributed by atoms with E-state index in [-0.39, 0.29) is 18.9 Å². The number of ether oxygens (including phenoxy) is 1. The molecule has 0 saturated carbocycles. The SMILES string of the molecule is COc1cc(CC(=O)N2CC[C@](C)(C(=O)O)C2)ccc1C. The second-order valence-electron chi connectivity index (χ2n) is 5.91. The highest BCUT2D eigenvalue weighted by Crippen LogP contribution is 2.30. The van der Waals surface area contributed by atoms with E-state index < -0.39 is 11.4 Å². The second kappa shape index (κ2) is 5.76. The number of benzene rings is 1. The highest BCUT2D eigenvalue weighted by molar-refractivity contribution is 5.82. The molecule has 0 unspecified atom stereocenters. The van der Waals surface area contributed by atoms with E-state index in [4.69, 9.17) is 4.74 Å². The summed E-state index contributed by atoms with van der Waals surface area (Å²) in [4.78, 5) is 25.2. The number of nitrogens with zero attached hydrogens (tertiary/aromatic N) is 1. The monoisotopic (exact) mass is 291 g/mol. The zero-order valence-corrected chi connectivity index (χ0v) is 12.7. The van der Waals surface area contributed by atoms with Crippen molar-refractivity contribution >= 4 is 11.9 Å². The highest BCUT2D eigenvalue weighted by Gasteiger charge is 2.41. The van der Waals surface area contributed by atoms with Crippen molar-refractivity contribution in [1.82, 2.24) is 4.90 Å². The summed E-state index contributed by atoms with van der Waals surface area (Å²) >= 11 is 0. The molecule has 1 aromatic rings. The van der Waals surface area contributed by atoms with E-state index in [2.05, 4.69) is 0 Å². The van der Waals surface area contributed by atoms with E-state index >= 15 is 0 Å². The van der Waals surface area contributed by atoms with Gasteiger partial charge in [0.15, 0.2) is 0 Å². The Morgan fingerprint density at radius 2 is 2.14 bits per heavy atom. The average molecular weight is 291 g/mol. The largest absolute Gasteiger partial charge is 0.496 e. The summed E-state index contributed by atoms with van der Waals surface area (Å²) in [7, 11) is 1.60. The molecular weight excluding hydrogens is 270 g/mol. The van der Waals surface area contributed by atoms with Gasteiger partial charge in [-0.15, -0.1) is 0 Å². The first-order valence-corrected chi connectivity index (χ1v) is 7.00. The zero-order valence-electron chi connectivity index (χ0n) is 12.7. The molecule has 5 nitrogen and oxygen atoms in total. The summed E-state index contributed by atoms with van der Waals surface area (Å²) in [6.07, 6.45) is 0.775. The molecule has 114 valence electrons. The van der Waals surface area contributed by atoms with Crippen LogP contribution in [0.25, 0.3) is 0 Å². The smallest absolute Gasteiger partial charge is 0.311 e. The fraction of sp³-hybridized carbons (Fsp3) is 0.500. The van der Waals surface area contributed by atoms with Crippen molar-refractivity contribution in [2.75, 3.05) is 20.2 Å². The molecule has 1 aromatic carbocycles. The van der Waals surface area contributed by atoms with Crippen LogP contribution in [0.1, 0.15) is 24.5 Å². The summed E-state index contributed by atoms with van der Waals surface area (Å²) in [6.45, 7) is 4.43. The minimum atomic E-state index is -0.838. The lowest BCUT2D eigenvalue weighted by atomic mass is 9.90. The van der Waals surface area contributed by atoms with Gasteiger partial charge in [0.05, 0.1) is 18.9 Å². The van der Waals surface area contributed by atoms with E-state index in [1.54, 1.807) is 18.9 Å². The van der Waals surface area contributed by atoms with Crippen LogP contribution in [0.2, 0.25) is 0 Å². The number of carboxylic acid groups (broad SMARTS) is 1. The molecule has 1 heterocycles. The molecule has 0 bridgehead atoms. The van der Waals surface area contributed by atoms with Crippen LogP contribution in [0, 0.1) is 12.3 Å². The third-order valence-electron chi connectivity index (χ3n) is 4.17. The van der Waals surface area contributed by atoms with Gasteiger partial charge >= 0.3 is 5.97 Å². The molecule has 1 amide bonds. The molecule has 1 fully saturated rings. The van der Waals surface area contributed by atoms with E-state index in [1.807, 2.05) is 25.1 Å². The molecule has 1 N–H and O–H groups in total. The Morgan fingerprint density at radius 3 is 2.71 bits per heavy atom. The number of amides is 1. The quantitative estimate of drug-likeness (QED) is 0.919. The molecule has 0 radical (unpaired) electrons. The van der Waals surface area contributed by atoms with Crippen LogP contribution in [-0.4, -0.2) is 42.1 Å². The molecule has 1 aliphatic heterocycles. The highest BCUT2D eigenvalue weighted by atomic mass is 16.5. The number of aliphatic carboxylic acids is 1. The Bertz CT molecular complexity index is 569. The van der Waals surface area contributed by atoms with Crippen molar-refractivity contribution in [2.24, 2.45) is 5.41 Å². The van der Waals surface area contributed by atoms with Crippen molar-refractivity contribution in [1.29, 1.82) is 0 Å². The normalized spacial score (nSPS) is 21.4. The van der Waals surface area contributed by atoms with Gasteiger partial charge in [-0.2, -0.15) is 0 Å². The van der Waals surface area contributed by atoms with Crippen molar-refractivity contribution in [3.8, 4) is 5.75 Å². The summed E-state index contributed by atoms with van der Waals surface area (Å²) in [5.41, 5.74) is 1.08. The van der Waals surface area contributed by atoms with Crippen LogP contribution >= 0.6 is 0 Å². The Kier molecular flexibility index (Phi) is 4.21. The number of carboxylic acids is 1. The molecule has 5 heteroatoms. The maximum atomic E-state index is 12.3. The first-order chi connectivity index (χ1) is 9.85. The first-order valence-electron chi connectivity index (χ1n) is 7.00. The van der Waals surface area contributed by atoms with Crippen LogP contribution in [0.15, 0.2) is 18.2 Å². The van der Waals surface area contributed by atoms with Gasteiger partial charge in [0.25, 0.3) is 0 Å². The minimum Gasteiger partial charge on any atom is -0.496 e. The maximum absolute atomic E-state index is 12.3. The van der Waals surface area contributed by atoms with Crippen molar-refractivity contribution in [3.05, 3.63) is 29.3 Å². The molecule has 1 saturated heterocycles. The maximum Gasteiger partial charge on any atom is 0.311 e. The summed E-state index contributed by atoms with van der Waals surface area (Å²) in [6, 6.07) is 5.69. The number of likely N-dealkylation sites (tertiary alicyclic amines) is 1. The van der Waals surface area contributed by atoms with Crippen molar-refractivity contribution < 1.29 is 19.4 Å². The predicted octanol–water partition coefficient (Wildman–Crippen LogP) is 1.87. The number of hydrogen-bond donors (Lipinski definition) is 1. The topological polar surface area (TPSA) is 66.8 Å². The Hall–Kier alpha value is -2.04. The van der Waals surface area contributed by atoms with E-state index in [1.165, 1.54) is 0 Å². The molecule has 0 spiro atoms. The fourth-order valence-corrected chi connectivity index (χ4v) is 2.61. The number of rotatable bonds is 4. The predicted molar refractivity (Wildman–Crippen MR) is 78.4 cm³/mol. The van der Waals surface area contributed by atoms with Crippen LogP contribution in [0.3, 0.4) is 0 Å². The lowest BCUT2D eigenvalue weighted by Crippen LogP contribution is -2.35. The van der Waals surface area contributed by atoms with Crippen LogP contribution in [0.4, 0.5) is 0 Å². The Morgan fingerprint density at radius 1 is 1.43 bits per heavy atom. The number of carbonyl (C=O) groups excluding carboxylic acids is 1. The molecule has 0 aliphatic carbocycles. The van der Waals surface area contributed by atoms with E-state index in [0.717, 1.165) is 16.9 Å². The molecule has 0 aromatic heterocycles. The van der Waals surface area contributed by atoms with Crippen LogP contribution < -0.4 is 4.74 Å². The number of aryl methyl sites for hydroxylation is 1. The van der Waals surface area contributed by atoms with Crippen LogP contribution in [0.5, 0.6) is 5.75 Å². The van der Waals surface area contributed by atoms with Crippen LogP contribution in [-0.2, 0) is 16.0 Å². The van der Waals surface area contributed by atoms with Gasteiger partial charge in [0.1, 0.15) is 5.75 Å². The number of methoxy groups -OCH3 is 1. The Balaban J connectivity index is 2.04. The minimum absolute atomic E-state index is 0.0362. The number of carbonyl (C=O) groups is 2. The summed E-state index contributed by atoms with van der Waals surface area (Å²) in [5.74, 6) is -0.113. The average Bonchev–Trinajstić information content (AvgIpc) is 2.85. The first kappa shape index (κ1) is 15.4. The standard InChI is InChI=1S/C16H21NO4/c1-11-4-5-12(8-13(11)21-3)9-14(18)17-7-6-16(2,10-17)15(19)20/h4-5,8H,6-7,9-10H2,1-3H3,(H,19,20)/t16-/m0/s1. The van der Waals surface area contributed by atoms with Crippen molar-refractivity contribution in [3.63, 3.8) is 0 Å². The second-order valence-corrected chi connectivity index (χ2v) is 5.91. The van der Waals surface area contributed by atoms with Gasteiger partial charge < -0.3 is 14.7 Å². The molecule has 21 heavy (non-hydrogen) atoms. The summed E-state index contributed by atoms with van der Waals surface area (Å²) in [5, 5.41) is 9.21. The lowest BCUT2D eigenvalue weighted by molar-refractivity contribution is -0.147. The third-order valence-corrected chi connectivity index (χ3v) is 4.17. The molecule has 2 rings (SSSR count). The van der Waals surface area contributed by atoms with Gasteiger partial charge in [0, 0.05) is 13.1 Å². The van der Waals surface area contributed by atoms with Gasteiger partial charge in [-0.3, -0.25) is 9.59 Å². The van der Waals surface area contributed by atoms with Gasteiger partial charge in [-0.1, -0.05) is 12.1 Å².